The quantitative estimate of drug-likeness (QED) is 0.925. The molecular weight excluding hydrogens is 296 g/mol. The molecule has 1 fully saturated rings. The standard InChI is InChI=1S/C13H17BrN2O2/c1-9-13(17)15-5-6-16(9)8-10-7-11(18-2)3-4-12(10)14/h3-4,7,9H,5-6,8H2,1-2H3,(H,15,17). The molecule has 1 aliphatic rings. The zero-order valence-electron chi connectivity index (χ0n) is 10.6. The van der Waals surface area contributed by atoms with Crippen molar-refractivity contribution in [2.45, 2.75) is 19.5 Å². The maximum atomic E-state index is 11.6. The van der Waals surface area contributed by atoms with E-state index in [0.29, 0.717) is 6.54 Å². The van der Waals surface area contributed by atoms with E-state index in [1.54, 1.807) is 7.11 Å². The second kappa shape index (κ2) is 5.71. The first-order valence-electron chi connectivity index (χ1n) is 5.96. The Labute approximate surface area is 115 Å². The lowest BCUT2D eigenvalue weighted by Gasteiger charge is -2.33. The van der Waals surface area contributed by atoms with Crippen molar-refractivity contribution in [3.63, 3.8) is 0 Å². The topological polar surface area (TPSA) is 41.6 Å². The van der Waals surface area contributed by atoms with Gasteiger partial charge in [0.15, 0.2) is 0 Å². The highest BCUT2D eigenvalue weighted by molar-refractivity contribution is 9.10. The van der Waals surface area contributed by atoms with Crippen molar-refractivity contribution in [3.8, 4) is 5.75 Å². The lowest BCUT2D eigenvalue weighted by atomic mass is 10.1. The molecule has 0 spiro atoms. The van der Waals surface area contributed by atoms with E-state index in [0.717, 1.165) is 28.9 Å². The molecule has 4 nitrogen and oxygen atoms in total. The van der Waals surface area contributed by atoms with Crippen LogP contribution in [0.4, 0.5) is 0 Å². The molecule has 0 aromatic heterocycles. The smallest absolute Gasteiger partial charge is 0.237 e. The number of carbonyl (C=O) groups excluding carboxylic acids is 1. The van der Waals surface area contributed by atoms with Crippen LogP contribution in [0.1, 0.15) is 12.5 Å². The van der Waals surface area contributed by atoms with Crippen LogP contribution in [0.3, 0.4) is 0 Å². The molecule has 1 aromatic carbocycles. The van der Waals surface area contributed by atoms with E-state index in [4.69, 9.17) is 4.74 Å². The van der Waals surface area contributed by atoms with Crippen LogP contribution in [0.2, 0.25) is 0 Å². The van der Waals surface area contributed by atoms with Crippen molar-refractivity contribution in [1.29, 1.82) is 0 Å². The van der Waals surface area contributed by atoms with Crippen LogP contribution in [0, 0.1) is 0 Å². The minimum Gasteiger partial charge on any atom is -0.497 e. The third-order valence-corrected chi connectivity index (χ3v) is 4.03. The number of amides is 1. The molecule has 0 saturated carbocycles. The van der Waals surface area contributed by atoms with Crippen molar-refractivity contribution in [2.75, 3.05) is 20.2 Å². The molecule has 1 N–H and O–H groups in total. The van der Waals surface area contributed by atoms with E-state index >= 15 is 0 Å². The molecular formula is C13H17BrN2O2. The lowest BCUT2D eigenvalue weighted by molar-refractivity contribution is -0.128. The van der Waals surface area contributed by atoms with Crippen LogP contribution < -0.4 is 10.1 Å². The van der Waals surface area contributed by atoms with E-state index in [-0.39, 0.29) is 11.9 Å². The van der Waals surface area contributed by atoms with Gasteiger partial charge < -0.3 is 10.1 Å². The van der Waals surface area contributed by atoms with Crippen LogP contribution in [0.15, 0.2) is 22.7 Å². The third-order valence-electron chi connectivity index (χ3n) is 3.25. The number of benzene rings is 1. The molecule has 1 saturated heterocycles. The monoisotopic (exact) mass is 312 g/mol. The molecule has 0 bridgehead atoms. The van der Waals surface area contributed by atoms with Crippen LogP contribution in [-0.2, 0) is 11.3 Å². The molecule has 5 heteroatoms. The SMILES string of the molecule is COc1ccc(Br)c(CN2CCNC(=O)C2C)c1. The van der Waals surface area contributed by atoms with E-state index in [1.165, 1.54) is 0 Å². The fourth-order valence-electron chi connectivity index (χ4n) is 2.06. The number of hydrogen-bond donors (Lipinski definition) is 1. The molecule has 1 aliphatic heterocycles. The zero-order valence-corrected chi connectivity index (χ0v) is 12.2. The van der Waals surface area contributed by atoms with Gasteiger partial charge in [0.25, 0.3) is 0 Å². The molecule has 2 rings (SSSR count). The number of ether oxygens (including phenoxy) is 1. The summed E-state index contributed by atoms with van der Waals surface area (Å²) in [6, 6.07) is 5.81. The Balaban J connectivity index is 2.15. The van der Waals surface area contributed by atoms with Gasteiger partial charge in [-0.2, -0.15) is 0 Å². The van der Waals surface area contributed by atoms with Crippen LogP contribution in [-0.4, -0.2) is 37.0 Å². The van der Waals surface area contributed by atoms with Gasteiger partial charge in [0.1, 0.15) is 5.75 Å². The summed E-state index contributed by atoms with van der Waals surface area (Å²) >= 11 is 3.54. The highest BCUT2D eigenvalue weighted by Crippen LogP contribution is 2.24. The summed E-state index contributed by atoms with van der Waals surface area (Å²) in [6.07, 6.45) is 0. The summed E-state index contributed by atoms with van der Waals surface area (Å²) in [4.78, 5) is 13.8. The Bertz CT molecular complexity index is 451. The molecule has 1 atom stereocenters. The number of methoxy groups -OCH3 is 1. The number of halogens is 1. The Hall–Kier alpha value is -1.07. The second-order valence-corrected chi connectivity index (χ2v) is 5.25. The van der Waals surface area contributed by atoms with Gasteiger partial charge in [0.05, 0.1) is 13.2 Å². The normalized spacial score (nSPS) is 20.6. The maximum Gasteiger partial charge on any atom is 0.237 e. The van der Waals surface area contributed by atoms with Crippen LogP contribution >= 0.6 is 15.9 Å². The van der Waals surface area contributed by atoms with Crippen molar-refractivity contribution in [3.05, 3.63) is 28.2 Å². The van der Waals surface area contributed by atoms with Gasteiger partial charge in [-0.3, -0.25) is 9.69 Å². The first kappa shape index (κ1) is 13.4. The highest BCUT2D eigenvalue weighted by Gasteiger charge is 2.25. The summed E-state index contributed by atoms with van der Waals surface area (Å²) < 4.78 is 6.27. The number of nitrogens with zero attached hydrogens (tertiary/aromatic N) is 1. The molecule has 98 valence electrons. The Morgan fingerprint density at radius 2 is 2.33 bits per heavy atom. The average Bonchev–Trinajstić information content (AvgIpc) is 2.37. The number of carbonyl (C=O) groups is 1. The molecule has 0 aliphatic carbocycles. The van der Waals surface area contributed by atoms with E-state index in [9.17, 15) is 4.79 Å². The number of rotatable bonds is 3. The molecule has 0 radical (unpaired) electrons. The first-order valence-corrected chi connectivity index (χ1v) is 6.75. The summed E-state index contributed by atoms with van der Waals surface area (Å²) in [5.41, 5.74) is 1.14. The minimum atomic E-state index is -0.0862. The predicted molar refractivity (Wildman–Crippen MR) is 73.6 cm³/mol. The van der Waals surface area contributed by atoms with Gasteiger partial charge >= 0.3 is 0 Å². The van der Waals surface area contributed by atoms with Gasteiger partial charge in [-0.25, -0.2) is 0 Å². The van der Waals surface area contributed by atoms with Gasteiger partial charge in [0, 0.05) is 24.1 Å². The average molecular weight is 313 g/mol. The Morgan fingerprint density at radius 1 is 1.56 bits per heavy atom. The predicted octanol–water partition coefficient (Wildman–Crippen LogP) is 1.78. The number of hydrogen-bond acceptors (Lipinski definition) is 3. The summed E-state index contributed by atoms with van der Waals surface area (Å²) in [6.45, 7) is 4.26. The largest absolute Gasteiger partial charge is 0.497 e. The summed E-state index contributed by atoms with van der Waals surface area (Å²) in [5, 5.41) is 2.87. The van der Waals surface area contributed by atoms with Crippen molar-refractivity contribution in [2.24, 2.45) is 0 Å². The van der Waals surface area contributed by atoms with E-state index in [1.807, 2.05) is 25.1 Å². The second-order valence-electron chi connectivity index (χ2n) is 4.39. The van der Waals surface area contributed by atoms with Crippen molar-refractivity contribution in [1.82, 2.24) is 10.2 Å². The lowest BCUT2D eigenvalue weighted by Crippen LogP contribution is -2.53. The van der Waals surface area contributed by atoms with Gasteiger partial charge in [-0.15, -0.1) is 0 Å². The minimum absolute atomic E-state index is 0.0862. The molecule has 1 amide bonds. The van der Waals surface area contributed by atoms with E-state index < -0.39 is 0 Å². The molecule has 1 aromatic rings. The fraction of sp³-hybridized carbons (Fsp3) is 0.462. The van der Waals surface area contributed by atoms with Gasteiger partial charge in [0.2, 0.25) is 5.91 Å². The van der Waals surface area contributed by atoms with E-state index in [2.05, 4.69) is 26.1 Å². The number of nitrogens with one attached hydrogen (secondary N) is 1. The maximum absolute atomic E-state index is 11.6. The summed E-state index contributed by atoms with van der Waals surface area (Å²) in [5.74, 6) is 0.933. The third kappa shape index (κ3) is 2.84. The molecule has 18 heavy (non-hydrogen) atoms. The highest BCUT2D eigenvalue weighted by atomic mass is 79.9. The Morgan fingerprint density at radius 3 is 3.06 bits per heavy atom. The van der Waals surface area contributed by atoms with Crippen LogP contribution in [0.25, 0.3) is 0 Å². The molecule has 1 heterocycles. The molecule has 1 unspecified atom stereocenters. The first-order chi connectivity index (χ1) is 8.61. The summed E-state index contributed by atoms with van der Waals surface area (Å²) in [7, 11) is 1.66. The van der Waals surface area contributed by atoms with Gasteiger partial charge in [-0.1, -0.05) is 15.9 Å². The Kier molecular flexibility index (Phi) is 4.24. The van der Waals surface area contributed by atoms with Crippen molar-refractivity contribution < 1.29 is 9.53 Å². The van der Waals surface area contributed by atoms with Gasteiger partial charge in [-0.05, 0) is 30.7 Å². The fourth-order valence-corrected chi connectivity index (χ4v) is 2.44. The van der Waals surface area contributed by atoms with Crippen molar-refractivity contribution >= 4 is 21.8 Å². The van der Waals surface area contributed by atoms with Crippen LogP contribution in [0.5, 0.6) is 5.75 Å². The zero-order chi connectivity index (χ0) is 13.1. The number of piperazine rings is 1.